The summed E-state index contributed by atoms with van der Waals surface area (Å²) in [6, 6.07) is 11.5. The Morgan fingerprint density at radius 2 is 1.95 bits per heavy atom. The second-order valence-electron chi connectivity index (χ2n) is 6.19. The Morgan fingerprint density at radius 3 is 2.55 bits per heavy atom. The van der Waals surface area contributed by atoms with Gasteiger partial charge in [0.2, 0.25) is 0 Å². The maximum atomic E-state index is 4.21. The predicted molar refractivity (Wildman–Crippen MR) is 91.9 cm³/mol. The van der Waals surface area contributed by atoms with E-state index in [1.807, 2.05) is 17.9 Å². The molecule has 120 valence electrons. The first-order chi connectivity index (χ1) is 10.6. The fourth-order valence-electron chi connectivity index (χ4n) is 3.02. The highest BCUT2D eigenvalue weighted by atomic mass is 15.2. The Bertz CT molecular complexity index is 547. The molecule has 0 fully saturated rings. The van der Waals surface area contributed by atoms with Crippen molar-refractivity contribution in [2.75, 3.05) is 20.6 Å². The van der Waals surface area contributed by atoms with Crippen LogP contribution < -0.4 is 5.32 Å². The standard InChI is InChI=1S/C18H28N4/c1-15(18(21(2)3)17-10-6-5-7-11-17)19-12-8-9-16-13-20-22(4)14-16/h5-7,10-11,13-15,18-19H,8-9,12H2,1-4H3. The van der Waals surface area contributed by atoms with Gasteiger partial charge in [-0.3, -0.25) is 4.68 Å². The summed E-state index contributed by atoms with van der Waals surface area (Å²) in [6.07, 6.45) is 6.25. The van der Waals surface area contributed by atoms with Crippen molar-refractivity contribution in [1.29, 1.82) is 0 Å². The fourth-order valence-corrected chi connectivity index (χ4v) is 3.02. The highest BCUT2D eigenvalue weighted by Gasteiger charge is 2.20. The molecule has 0 aliphatic carbocycles. The van der Waals surface area contributed by atoms with Crippen LogP contribution in [0.3, 0.4) is 0 Å². The zero-order chi connectivity index (χ0) is 15.9. The van der Waals surface area contributed by atoms with E-state index >= 15 is 0 Å². The largest absolute Gasteiger partial charge is 0.312 e. The van der Waals surface area contributed by atoms with Gasteiger partial charge in [0.25, 0.3) is 0 Å². The van der Waals surface area contributed by atoms with Crippen LogP contribution in [0.2, 0.25) is 0 Å². The Hall–Kier alpha value is -1.65. The van der Waals surface area contributed by atoms with Gasteiger partial charge >= 0.3 is 0 Å². The molecule has 0 amide bonds. The van der Waals surface area contributed by atoms with Crippen molar-refractivity contribution in [3.8, 4) is 0 Å². The molecule has 2 aromatic rings. The lowest BCUT2D eigenvalue weighted by molar-refractivity contribution is 0.240. The maximum Gasteiger partial charge on any atom is 0.0521 e. The van der Waals surface area contributed by atoms with Crippen LogP contribution in [0.25, 0.3) is 0 Å². The van der Waals surface area contributed by atoms with E-state index < -0.39 is 0 Å². The van der Waals surface area contributed by atoms with Crippen LogP contribution in [-0.2, 0) is 13.5 Å². The number of rotatable bonds is 8. The molecule has 2 rings (SSSR count). The van der Waals surface area contributed by atoms with Crippen molar-refractivity contribution in [3.63, 3.8) is 0 Å². The molecular weight excluding hydrogens is 272 g/mol. The summed E-state index contributed by atoms with van der Waals surface area (Å²) in [5, 5.41) is 7.88. The number of likely N-dealkylation sites (N-methyl/N-ethyl adjacent to an activating group) is 1. The molecule has 0 radical (unpaired) electrons. The van der Waals surface area contributed by atoms with E-state index in [9.17, 15) is 0 Å². The molecule has 0 spiro atoms. The van der Waals surface area contributed by atoms with Crippen molar-refractivity contribution in [2.24, 2.45) is 7.05 Å². The molecule has 0 saturated heterocycles. The first kappa shape index (κ1) is 16.7. The first-order valence-electron chi connectivity index (χ1n) is 8.00. The number of aromatic nitrogens is 2. The molecule has 4 heteroatoms. The monoisotopic (exact) mass is 300 g/mol. The van der Waals surface area contributed by atoms with Gasteiger partial charge in [0.05, 0.1) is 6.20 Å². The second kappa shape index (κ2) is 8.11. The van der Waals surface area contributed by atoms with Crippen LogP contribution in [-0.4, -0.2) is 41.4 Å². The van der Waals surface area contributed by atoms with E-state index in [1.165, 1.54) is 11.1 Å². The zero-order valence-electron chi connectivity index (χ0n) is 14.2. The Kier molecular flexibility index (Phi) is 6.16. The summed E-state index contributed by atoms with van der Waals surface area (Å²) in [4.78, 5) is 2.29. The molecule has 2 unspecified atom stereocenters. The molecule has 0 aliphatic rings. The highest BCUT2D eigenvalue weighted by molar-refractivity contribution is 5.20. The highest BCUT2D eigenvalue weighted by Crippen LogP contribution is 2.21. The Labute approximate surface area is 134 Å². The summed E-state index contributed by atoms with van der Waals surface area (Å²) >= 11 is 0. The van der Waals surface area contributed by atoms with Gasteiger partial charge in [-0.05, 0) is 51.5 Å². The average Bonchev–Trinajstić information content (AvgIpc) is 2.90. The SMILES string of the molecule is CC(NCCCc1cnn(C)c1)C(c1ccccc1)N(C)C. The van der Waals surface area contributed by atoms with E-state index in [2.05, 4.69) is 72.9 Å². The van der Waals surface area contributed by atoms with E-state index in [1.54, 1.807) is 0 Å². The van der Waals surface area contributed by atoms with E-state index in [0.717, 1.165) is 19.4 Å². The average molecular weight is 300 g/mol. The van der Waals surface area contributed by atoms with Crippen molar-refractivity contribution < 1.29 is 0 Å². The molecular formula is C18H28N4. The molecule has 1 N–H and O–H groups in total. The van der Waals surface area contributed by atoms with E-state index in [4.69, 9.17) is 0 Å². The van der Waals surface area contributed by atoms with Gasteiger partial charge in [-0.2, -0.15) is 5.10 Å². The van der Waals surface area contributed by atoms with Crippen molar-refractivity contribution in [2.45, 2.75) is 31.8 Å². The number of aryl methyl sites for hydroxylation is 2. The van der Waals surface area contributed by atoms with Gasteiger partial charge in [0, 0.05) is 25.3 Å². The van der Waals surface area contributed by atoms with Gasteiger partial charge in [-0.25, -0.2) is 0 Å². The molecule has 1 aromatic heterocycles. The molecule has 0 saturated carbocycles. The Balaban J connectivity index is 1.82. The Morgan fingerprint density at radius 1 is 1.23 bits per heavy atom. The molecule has 1 heterocycles. The lowest BCUT2D eigenvalue weighted by atomic mass is 9.99. The minimum Gasteiger partial charge on any atom is -0.312 e. The number of hydrogen-bond donors (Lipinski definition) is 1. The third-order valence-corrected chi connectivity index (χ3v) is 4.04. The normalized spacial score (nSPS) is 14.2. The van der Waals surface area contributed by atoms with Gasteiger partial charge < -0.3 is 10.2 Å². The molecule has 0 aliphatic heterocycles. The summed E-state index contributed by atoms with van der Waals surface area (Å²) in [6.45, 7) is 3.29. The molecule has 2 atom stereocenters. The van der Waals surface area contributed by atoms with Crippen molar-refractivity contribution >= 4 is 0 Å². The van der Waals surface area contributed by atoms with E-state index in [-0.39, 0.29) is 0 Å². The summed E-state index contributed by atoms with van der Waals surface area (Å²) in [5.41, 5.74) is 2.67. The van der Waals surface area contributed by atoms with Gasteiger partial charge in [-0.15, -0.1) is 0 Å². The molecule has 4 nitrogen and oxygen atoms in total. The van der Waals surface area contributed by atoms with Crippen molar-refractivity contribution in [3.05, 3.63) is 53.9 Å². The summed E-state index contributed by atoms with van der Waals surface area (Å²) < 4.78 is 1.86. The zero-order valence-corrected chi connectivity index (χ0v) is 14.2. The van der Waals surface area contributed by atoms with Crippen LogP contribution in [0.15, 0.2) is 42.7 Å². The van der Waals surface area contributed by atoms with Gasteiger partial charge in [0.15, 0.2) is 0 Å². The topological polar surface area (TPSA) is 33.1 Å². The maximum absolute atomic E-state index is 4.21. The predicted octanol–water partition coefficient (Wildman–Crippen LogP) is 2.63. The number of benzene rings is 1. The van der Waals surface area contributed by atoms with Crippen LogP contribution in [0, 0.1) is 0 Å². The van der Waals surface area contributed by atoms with Crippen LogP contribution in [0.4, 0.5) is 0 Å². The summed E-state index contributed by atoms with van der Waals surface area (Å²) in [5.74, 6) is 0. The molecule has 1 aromatic carbocycles. The second-order valence-corrected chi connectivity index (χ2v) is 6.19. The number of hydrogen-bond acceptors (Lipinski definition) is 3. The van der Waals surface area contributed by atoms with Crippen LogP contribution in [0.1, 0.15) is 30.5 Å². The lowest BCUT2D eigenvalue weighted by Crippen LogP contribution is -2.39. The first-order valence-corrected chi connectivity index (χ1v) is 8.00. The third-order valence-electron chi connectivity index (χ3n) is 4.04. The lowest BCUT2D eigenvalue weighted by Gasteiger charge is -2.31. The minimum absolute atomic E-state index is 0.389. The summed E-state index contributed by atoms with van der Waals surface area (Å²) in [7, 11) is 6.25. The number of nitrogens with zero attached hydrogens (tertiary/aromatic N) is 3. The van der Waals surface area contributed by atoms with Crippen LogP contribution >= 0.6 is 0 Å². The fraction of sp³-hybridized carbons (Fsp3) is 0.500. The molecule has 22 heavy (non-hydrogen) atoms. The minimum atomic E-state index is 0.389. The van der Waals surface area contributed by atoms with Crippen molar-refractivity contribution in [1.82, 2.24) is 20.0 Å². The van der Waals surface area contributed by atoms with Gasteiger partial charge in [-0.1, -0.05) is 30.3 Å². The molecule has 0 bridgehead atoms. The van der Waals surface area contributed by atoms with E-state index in [0.29, 0.717) is 12.1 Å². The quantitative estimate of drug-likeness (QED) is 0.761. The smallest absolute Gasteiger partial charge is 0.0521 e. The van der Waals surface area contributed by atoms with Crippen LogP contribution in [0.5, 0.6) is 0 Å². The van der Waals surface area contributed by atoms with Gasteiger partial charge in [0.1, 0.15) is 0 Å². The number of nitrogens with one attached hydrogen (secondary N) is 1. The third kappa shape index (κ3) is 4.68.